The van der Waals surface area contributed by atoms with Crippen molar-refractivity contribution in [3.63, 3.8) is 0 Å². The minimum absolute atomic E-state index is 0.00587. The van der Waals surface area contributed by atoms with Crippen LogP contribution in [0.1, 0.15) is 12.8 Å². The Kier molecular flexibility index (Phi) is 5.64. The van der Waals surface area contributed by atoms with Gasteiger partial charge >= 0.3 is 5.97 Å². The number of piperidine rings is 1. The van der Waals surface area contributed by atoms with Crippen LogP contribution in [0.5, 0.6) is 0 Å². The molecule has 114 valence electrons. The van der Waals surface area contributed by atoms with Gasteiger partial charge in [0.15, 0.2) is 0 Å². The average Bonchev–Trinajstić information content (AvgIpc) is 2.46. The minimum atomic E-state index is -0.765. The minimum Gasteiger partial charge on any atom is -0.481 e. The van der Waals surface area contributed by atoms with Gasteiger partial charge in [-0.15, -0.1) is 0 Å². The smallest absolute Gasteiger partial charge is 0.306 e. The van der Waals surface area contributed by atoms with Crippen LogP contribution in [-0.2, 0) is 9.59 Å². The topological polar surface area (TPSA) is 69.6 Å². The molecule has 2 N–H and O–H groups in total. The number of aliphatic carboxylic acids is 1. The van der Waals surface area contributed by atoms with Crippen LogP contribution in [0.2, 0.25) is 0 Å². The van der Waals surface area contributed by atoms with Gasteiger partial charge in [-0.25, -0.2) is 0 Å². The normalized spacial score (nSPS) is 15.8. The van der Waals surface area contributed by atoms with Crippen LogP contribution in [0.3, 0.4) is 0 Å². The zero-order chi connectivity index (χ0) is 15.4. The Morgan fingerprint density at radius 2 is 1.95 bits per heavy atom. The van der Waals surface area contributed by atoms with Gasteiger partial charge in [-0.2, -0.15) is 0 Å². The van der Waals surface area contributed by atoms with Crippen LogP contribution in [0.15, 0.2) is 27.1 Å². The number of halogens is 2. The molecule has 1 fully saturated rings. The summed E-state index contributed by atoms with van der Waals surface area (Å²) in [6.45, 7) is 1.23. The van der Waals surface area contributed by atoms with E-state index >= 15 is 0 Å². The van der Waals surface area contributed by atoms with Crippen molar-refractivity contribution in [3.05, 3.63) is 27.1 Å². The molecule has 0 aromatic heterocycles. The maximum atomic E-state index is 12.1. The van der Waals surface area contributed by atoms with Crippen molar-refractivity contribution in [1.82, 2.24) is 4.90 Å². The monoisotopic (exact) mass is 418 g/mol. The highest BCUT2D eigenvalue weighted by molar-refractivity contribution is 9.11. The molecule has 7 heteroatoms. The van der Waals surface area contributed by atoms with Crippen molar-refractivity contribution in [3.8, 4) is 0 Å². The van der Waals surface area contributed by atoms with Crippen molar-refractivity contribution in [2.24, 2.45) is 5.92 Å². The van der Waals surface area contributed by atoms with E-state index in [4.69, 9.17) is 5.11 Å². The number of carboxylic acids is 1. The Balaban J connectivity index is 1.84. The molecule has 1 aliphatic rings. The number of rotatable bonds is 4. The Labute approximate surface area is 140 Å². The first-order chi connectivity index (χ1) is 9.97. The highest BCUT2D eigenvalue weighted by Gasteiger charge is 2.26. The predicted octanol–water partition coefficient (Wildman–Crippen LogP) is 2.95. The Morgan fingerprint density at radius 1 is 1.29 bits per heavy atom. The predicted molar refractivity (Wildman–Crippen MR) is 87.3 cm³/mol. The number of carbonyl (C=O) groups excluding carboxylic acids is 1. The number of carbonyl (C=O) groups is 2. The number of benzene rings is 1. The molecule has 0 spiro atoms. The summed E-state index contributed by atoms with van der Waals surface area (Å²) in [5.41, 5.74) is 0.854. The van der Waals surface area contributed by atoms with E-state index in [-0.39, 0.29) is 18.4 Å². The first-order valence-corrected chi connectivity index (χ1v) is 8.25. The van der Waals surface area contributed by atoms with Gasteiger partial charge in [0, 0.05) is 27.7 Å². The molecule has 1 aromatic rings. The summed E-state index contributed by atoms with van der Waals surface area (Å²) in [5.74, 6) is -1.09. The van der Waals surface area contributed by atoms with E-state index in [2.05, 4.69) is 37.2 Å². The Morgan fingerprint density at radius 3 is 2.52 bits per heavy atom. The third-order valence-electron chi connectivity index (χ3n) is 3.56. The number of hydrogen-bond acceptors (Lipinski definition) is 3. The van der Waals surface area contributed by atoms with Crippen LogP contribution in [0.25, 0.3) is 0 Å². The Bertz CT molecular complexity index is 543. The fraction of sp³-hybridized carbons (Fsp3) is 0.429. The average molecular weight is 420 g/mol. The number of carboxylic acid groups (broad SMARTS) is 1. The van der Waals surface area contributed by atoms with Crippen LogP contribution in [0, 0.1) is 5.92 Å². The molecule has 0 bridgehead atoms. The lowest BCUT2D eigenvalue weighted by molar-refractivity contribution is -0.145. The number of nitrogens with zero attached hydrogens (tertiary/aromatic N) is 1. The molecule has 0 aliphatic carbocycles. The van der Waals surface area contributed by atoms with Crippen LogP contribution < -0.4 is 5.32 Å². The fourth-order valence-electron chi connectivity index (χ4n) is 2.29. The molecule has 1 amide bonds. The van der Waals surface area contributed by atoms with E-state index in [0.29, 0.717) is 25.9 Å². The SMILES string of the molecule is O=C(O)C1CCN(C(=O)CNc2ccc(Br)cc2Br)CC1. The first kappa shape index (κ1) is 16.3. The van der Waals surface area contributed by atoms with E-state index in [9.17, 15) is 9.59 Å². The van der Waals surface area contributed by atoms with E-state index < -0.39 is 5.97 Å². The van der Waals surface area contributed by atoms with Gasteiger partial charge in [0.2, 0.25) is 5.91 Å². The molecule has 21 heavy (non-hydrogen) atoms. The summed E-state index contributed by atoms with van der Waals surface area (Å²) < 4.78 is 1.84. The molecule has 5 nitrogen and oxygen atoms in total. The highest BCUT2D eigenvalue weighted by Crippen LogP contribution is 2.26. The molecule has 1 saturated heterocycles. The third kappa shape index (κ3) is 4.44. The maximum Gasteiger partial charge on any atom is 0.306 e. The molecule has 1 aromatic carbocycles. The van der Waals surface area contributed by atoms with Gasteiger partial charge in [-0.3, -0.25) is 9.59 Å². The molecule has 0 saturated carbocycles. The van der Waals surface area contributed by atoms with Gasteiger partial charge < -0.3 is 15.3 Å². The van der Waals surface area contributed by atoms with Crippen molar-refractivity contribution < 1.29 is 14.7 Å². The van der Waals surface area contributed by atoms with E-state index in [1.807, 2.05) is 18.2 Å². The number of likely N-dealkylation sites (tertiary alicyclic amines) is 1. The zero-order valence-corrected chi connectivity index (χ0v) is 14.5. The summed E-state index contributed by atoms with van der Waals surface area (Å²) >= 11 is 6.81. The quantitative estimate of drug-likeness (QED) is 0.787. The highest BCUT2D eigenvalue weighted by atomic mass is 79.9. The van der Waals surface area contributed by atoms with Gasteiger partial charge in [0.25, 0.3) is 0 Å². The first-order valence-electron chi connectivity index (χ1n) is 6.67. The fourth-order valence-corrected chi connectivity index (χ4v) is 3.48. The third-order valence-corrected chi connectivity index (χ3v) is 4.71. The van der Waals surface area contributed by atoms with E-state index in [1.165, 1.54) is 0 Å². The summed E-state index contributed by atoms with van der Waals surface area (Å²) in [4.78, 5) is 24.7. The van der Waals surface area contributed by atoms with Crippen LogP contribution >= 0.6 is 31.9 Å². The number of hydrogen-bond donors (Lipinski definition) is 2. The summed E-state index contributed by atoms with van der Waals surface area (Å²) in [6.07, 6.45) is 1.06. The molecule has 1 aliphatic heterocycles. The van der Waals surface area contributed by atoms with Crippen LogP contribution in [-0.4, -0.2) is 41.5 Å². The van der Waals surface area contributed by atoms with E-state index in [1.54, 1.807) is 4.90 Å². The second-order valence-electron chi connectivity index (χ2n) is 4.97. The number of anilines is 1. The molecule has 1 heterocycles. The van der Waals surface area contributed by atoms with Crippen LogP contribution in [0.4, 0.5) is 5.69 Å². The van der Waals surface area contributed by atoms with Gasteiger partial charge in [0.1, 0.15) is 0 Å². The molecular weight excluding hydrogens is 404 g/mol. The summed E-state index contributed by atoms with van der Waals surface area (Å²) in [6, 6.07) is 5.69. The van der Waals surface area contributed by atoms with Crippen molar-refractivity contribution in [2.45, 2.75) is 12.8 Å². The second kappa shape index (κ2) is 7.26. The van der Waals surface area contributed by atoms with Crippen molar-refractivity contribution in [1.29, 1.82) is 0 Å². The standard InChI is InChI=1S/C14H16Br2N2O3/c15-10-1-2-12(11(16)7-10)17-8-13(19)18-5-3-9(4-6-18)14(20)21/h1-2,7,9,17H,3-6,8H2,(H,20,21). The lowest BCUT2D eigenvalue weighted by atomic mass is 9.97. The Hall–Kier alpha value is -1.08. The number of amides is 1. The van der Waals surface area contributed by atoms with Gasteiger partial charge in [0.05, 0.1) is 12.5 Å². The lowest BCUT2D eigenvalue weighted by Gasteiger charge is -2.30. The number of nitrogens with one attached hydrogen (secondary N) is 1. The van der Waals surface area contributed by atoms with Gasteiger partial charge in [-0.1, -0.05) is 15.9 Å². The molecule has 0 radical (unpaired) electrons. The van der Waals surface area contributed by atoms with Crippen molar-refractivity contribution >= 4 is 49.4 Å². The summed E-state index contributed by atoms with van der Waals surface area (Å²) in [7, 11) is 0. The summed E-state index contributed by atoms with van der Waals surface area (Å²) in [5, 5.41) is 12.0. The largest absolute Gasteiger partial charge is 0.481 e. The molecule has 2 rings (SSSR count). The molecule has 0 unspecified atom stereocenters. The van der Waals surface area contributed by atoms with Gasteiger partial charge in [-0.05, 0) is 47.0 Å². The molecule has 0 atom stereocenters. The lowest BCUT2D eigenvalue weighted by Crippen LogP contribution is -2.42. The van der Waals surface area contributed by atoms with E-state index in [0.717, 1.165) is 14.6 Å². The zero-order valence-electron chi connectivity index (χ0n) is 11.3. The maximum absolute atomic E-state index is 12.1. The second-order valence-corrected chi connectivity index (χ2v) is 6.74. The van der Waals surface area contributed by atoms with Crippen molar-refractivity contribution in [2.75, 3.05) is 25.0 Å². The molecular formula is C14H16Br2N2O3.